The van der Waals surface area contributed by atoms with Crippen LogP contribution in [0.1, 0.15) is 21.7 Å². The van der Waals surface area contributed by atoms with E-state index in [0.29, 0.717) is 10.6 Å². The fourth-order valence-electron chi connectivity index (χ4n) is 1.89. The van der Waals surface area contributed by atoms with E-state index >= 15 is 0 Å². The molecule has 0 amide bonds. The van der Waals surface area contributed by atoms with E-state index in [9.17, 15) is 18.0 Å². The second-order valence-corrected chi connectivity index (χ2v) is 4.55. The Morgan fingerprint density at radius 3 is 2.57 bits per heavy atom. The largest absolute Gasteiger partial charge is 0.433 e. The molecule has 10 heteroatoms. The average molecular weight is 323 g/mol. The smallest absolute Gasteiger partial charge is 0.322 e. The number of carbonyl (C=O) groups excluding carboxylic acids is 1. The lowest BCUT2D eigenvalue weighted by Crippen LogP contribution is -2.15. The molecule has 2 aromatic heterocycles. The summed E-state index contributed by atoms with van der Waals surface area (Å²) < 4.78 is 44.6. The van der Waals surface area contributed by atoms with Crippen LogP contribution in [0.3, 0.4) is 0 Å². The number of aldehydes is 1. The van der Waals surface area contributed by atoms with E-state index in [-0.39, 0.29) is 28.1 Å². The number of rotatable bonds is 3. The highest BCUT2D eigenvalue weighted by atomic mass is 35.5. The van der Waals surface area contributed by atoms with E-state index in [2.05, 4.69) is 14.9 Å². The van der Waals surface area contributed by atoms with Gasteiger partial charge in [0.15, 0.2) is 5.69 Å². The number of pyridine rings is 1. The minimum Gasteiger partial charge on any atom is -0.322 e. The van der Waals surface area contributed by atoms with Gasteiger partial charge in [-0.1, -0.05) is 11.6 Å². The van der Waals surface area contributed by atoms with E-state index in [0.717, 1.165) is 0 Å². The zero-order valence-corrected chi connectivity index (χ0v) is 11.0. The average Bonchev–Trinajstić information content (AvgIpc) is 3.16. The number of fused-ring (bicyclic) bond motifs is 1. The Morgan fingerprint density at radius 2 is 2.10 bits per heavy atom. The van der Waals surface area contributed by atoms with Gasteiger partial charge in [-0.2, -0.15) is 28.0 Å². The van der Waals surface area contributed by atoms with Gasteiger partial charge in [0, 0.05) is 12.7 Å². The minimum absolute atomic E-state index is 0.112. The Labute approximate surface area is 119 Å². The van der Waals surface area contributed by atoms with Gasteiger partial charge in [-0.15, -0.1) is 0 Å². The van der Waals surface area contributed by atoms with Crippen molar-refractivity contribution in [3.63, 3.8) is 0 Å². The van der Waals surface area contributed by atoms with Crippen molar-refractivity contribution in [2.75, 3.05) is 7.11 Å². The molecule has 0 spiro atoms. The van der Waals surface area contributed by atoms with Crippen molar-refractivity contribution in [2.24, 2.45) is 0 Å². The quantitative estimate of drug-likeness (QED) is 0.493. The number of nitrogens with zero attached hydrogens (tertiary/aromatic N) is 2. The van der Waals surface area contributed by atoms with Crippen molar-refractivity contribution in [2.45, 2.75) is 12.1 Å². The van der Waals surface area contributed by atoms with Gasteiger partial charge < -0.3 is 4.74 Å². The van der Waals surface area contributed by atoms with E-state index in [1.165, 1.54) is 13.2 Å². The van der Waals surface area contributed by atoms with Crippen LogP contribution < -0.4 is 0 Å². The van der Waals surface area contributed by atoms with Gasteiger partial charge in [0.25, 0.3) is 0 Å². The van der Waals surface area contributed by atoms with Crippen LogP contribution in [0.15, 0.2) is 12.1 Å². The maximum Gasteiger partial charge on any atom is 0.433 e. The number of halogens is 4. The van der Waals surface area contributed by atoms with Crippen LogP contribution in [0, 0.1) is 0 Å². The molecule has 2 aromatic rings. The maximum atomic E-state index is 13.1. The summed E-state index contributed by atoms with van der Waals surface area (Å²) in [4.78, 5) is 20.0. The van der Waals surface area contributed by atoms with Gasteiger partial charge in [-0.05, 0) is 12.1 Å². The molecule has 0 bridgehead atoms. The third-order valence-electron chi connectivity index (χ3n) is 2.92. The second kappa shape index (κ2) is 4.41. The van der Waals surface area contributed by atoms with Gasteiger partial charge in [0.2, 0.25) is 0 Å². The third-order valence-corrected chi connectivity index (χ3v) is 3.29. The van der Waals surface area contributed by atoms with Crippen LogP contribution in [0.5, 0.6) is 0 Å². The third kappa shape index (κ3) is 2.09. The Kier molecular flexibility index (Phi) is 2.99. The summed E-state index contributed by atoms with van der Waals surface area (Å²) in [5.41, 5.74) is -1.62. The maximum absolute atomic E-state index is 13.1. The first-order valence-corrected chi connectivity index (χ1v) is 5.87. The summed E-state index contributed by atoms with van der Waals surface area (Å²) in [6, 6.07) is 1.84. The molecule has 3 heterocycles. The lowest BCUT2D eigenvalue weighted by atomic mass is 10.2. The molecule has 0 radical (unpaired) electrons. The molecular weight excluding hydrogens is 317 g/mol. The van der Waals surface area contributed by atoms with Gasteiger partial charge >= 0.3 is 12.1 Å². The molecule has 1 fully saturated rings. The first-order valence-electron chi connectivity index (χ1n) is 5.49. The number of alkyl halides is 3. The van der Waals surface area contributed by atoms with Crippen molar-refractivity contribution in [1.82, 2.24) is 9.61 Å². The molecule has 0 atom stereocenters. The Balaban J connectivity index is 2.33. The number of ether oxygens (including phenoxy) is 1. The molecule has 112 valence electrons. The molecule has 1 aliphatic heterocycles. The first-order chi connectivity index (χ1) is 9.82. The van der Waals surface area contributed by atoms with Crippen LogP contribution in [0.4, 0.5) is 13.2 Å². The summed E-state index contributed by atoms with van der Waals surface area (Å²) in [6.07, 6.45) is -4.44. The van der Waals surface area contributed by atoms with Crippen molar-refractivity contribution in [3.05, 3.63) is 34.1 Å². The summed E-state index contributed by atoms with van der Waals surface area (Å²) in [5.74, 6) is -1.71. The van der Waals surface area contributed by atoms with Crippen molar-refractivity contribution < 1.29 is 32.5 Å². The number of methoxy groups -OCH3 is 1. The molecule has 0 saturated carbocycles. The topological polar surface area (TPSA) is 68.7 Å². The molecule has 3 rings (SSSR count). The van der Waals surface area contributed by atoms with E-state index in [4.69, 9.17) is 16.3 Å². The highest BCUT2D eigenvalue weighted by Crippen LogP contribution is 2.45. The zero-order chi connectivity index (χ0) is 15.4. The first kappa shape index (κ1) is 14.3. The normalized spacial score (nSPS) is 17.2. The summed E-state index contributed by atoms with van der Waals surface area (Å²) in [5, 5.41) is 3.57. The Hall–Kier alpha value is -1.68. The van der Waals surface area contributed by atoms with Gasteiger partial charge in [0.05, 0.1) is 10.5 Å². The highest BCUT2D eigenvalue weighted by molar-refractivity contribution is 6.34. The fraction of sp³-hybridized carbons (Fsp3) is 0.273. The second-order valence-electron chi connectivity index (χ2n) is 4.18. The number of hydrogen-bond acceptors (Lipinski definition) is 5. The van der Waals surface area contributed by atoms with Crippen molar-refractivity contribution >= 4 is 23.4 Å². The van der Waals surface area contributed by atoms with Crippen LogP contribution in [0.2, 0.25) is 5.02 Å². The zero-order valence-electron chi connectivity index (χ0n) is 10.3. The van der Waals surface area contributed by atoms with Crippen molar-refractivity contribution in [1.29, 1.82) is 0 Å². The molecular formula is C11H6ClF3N2O4. The molecule has 1 saturated heterocycles. The number of hydrogen-bond donors (Lipinski definition) is 0. The fourth-order valence-corrected chi connectivity index (χ4v) is 2.17. The molecule has 0 unspecified atom stereocenters. The molecule has 0 N–H and O–H groups in total. The number of aromatic nitrogens is 2. The predicted molar refractivity (Wildman–Crippen MR) is 61.4 cm³/mol. The monoisotopic (exact) mass is 322 g/mol. The van der Waals surface area contributed by atoms with E-state index in [1.54, 1.807) is 0 Å². The summed E-state index contributed by atoms with van der Waals surface area (Å²) in [7, 11) is 1.22. The summed E-state index contributed by atoms with van der Waals surface area (Å²) in [6.45, 7) is 0. The molecule has 1 aliphatic rings. The van der Waals surface area contributed by atoms with Gasteiger partial charge in [-0.3, -0.25) is 4.79 Å². The highest BCUT2D eigenvalue weighted by Gasteiger charge is 2.56. The van der Waals surface area contributed by atoms with E-state index in [1.807, 2.05) is 0 Å². The van der Waals surface area contributed by atoms with Crippen LogP contribution in [-0.4, -0.2) is 23.0 Å². The van der Waals surface area contributed by atoms with E-state index < -0.39 is 17.8 Å². The standard InChI is InChI=1S/C11H6ClF3N2O4/c1-19-11(20-21-11)9-8(12)6-2-5(4-18)3-7(10(13,14)15)17(6)16-9/h2-4H,1H3. The van der Waals surface area contributed by atoms with Crippen LogP contribution >= 0.6 is 11.6 Å². The molecule has 6 nitrogen and oxygen atoms in total. The molecule has 0 aromatic carbocycles. The van der Waals surface area contributed by atoms with Gasteiger partial charge in [0.1, 0.15) is 12.0 Å². The SMILES string of the molecule is COC1(c2nn3c(C(F)(F)F)cc(C=O)cc3c2Cl)OO1. The minimum atomic E-state index is -4.73. The Morgan fingerprint density at radius 1 is 1.43 bits per heavy atom. The summed E-state index contributed by atoms with van der Waals surface area (Å²) >= 11 is 6.00. The molecule has 21 heavy (non-hydrogen) atoms. The van der Waals surface area contributed by atoms with Crippen LogP contribution in [0.25, 0.3) is 5.52 Å². The Bertz CT molecular complexity index is 739. The predicted octanol–water partition coefficient (Wildman–Crippen LogP) is 2.54. The van der Waals surface area contributed by atoms with Gasteiger partial charge in [-0.25, -0.2) is 4.52 Å². The van der Waals surface area contributed by atoms with Crippen LogP contribution in [-0.2, 0) is 26.7 Å². The lowest BCUT2D eigenvalue weighted by Gasteiger charge is -2.09. The number of carbonyl (C=O) groups is 1. The van der Waals surface area contributed by atoms with Crippen molar-refractivity contribution in [3.8, 4) is 0 Å². The lowest BCUT2D eigenvalue weighted by molar-refractivity contribution is -0.142. The molecule has 0 aliphatic carbocycles.